The molecule has 1 aliphatic rings. The lowest BCUT2D eigenvalue weighted by Gasteiger charge is -2.39. The summed E-state index contributed by atoms with van der Waals surface area (Å²) in [4.78, 5) is 16.9. The highest BCUT2D eigenvalue weighted by atomic mass is 16.1. The van der Waals surface area contributed by atoms with Gasteiger partial charge >= 0.3 is 0 Å². The van der Waals surface area contributed by atoms with E-state index in [-0.39, 0.29) is 17.9 Å². The van der Waals surface area contributed by atoms with E-state index in [0.717, 1.165) is 32.7 Å². The molecule has 4 nitrogen and oxygen atoms in total. The molecule has 1 atom stereocenters. The Bertz CT molecular complexity index is 294. The van der Waals surface area contributed by atoms with Gasteiger partial charge in [-0.2, -0.15) is 0 Å². The van der Waals surface area contributed by atoms with Crippen LogP contribution in [0.4, 0.5) is 0 Å². The number of amides is 1. The molecule has 20 heavy (non-hydrogen) atoms. The van der Waals surface area contributed by atoms with Crippen LogP contribution in [0.3, 0.4) is 0 Å². The lowest BCUT2D eigenvalue weighted by Crippen LogP contribution is -2.54. The van der Waals surface area contributed by atoms with E-state index in [1.807, 2.05) is 13.8 Å². The van der Waals surface area contributed by atoms with Crippen LogP contribution in [-0.4, -0.2) is 60.5 Å². The minimum absolute atomic E-state index is 0.0639. The molecule has 1 heterocycles. The molecule has 118 valence electrons. The smallest absolute Gasteiger partial charge is 0.222 e. The Labute approximate surface area is 124 Å². The molecule has 1 N–H and O–H groups in total. The average molecular weight is 283 g/mol. The number of nitrogens with one attached hydrogen (secondary N) is 1. The van der Waals surface area contributed by atoms with E-state index < -0.39 is 0 Å². The summed E-state index contributed by atoms with van der Waals surface area (Å²) in [6, 6.07) is 0.897. The Balaban J connectivity index is 2.45. The van der Waals surface area contributed by atoms with Gasteiger partial charge in [-0.3, -0.25) is 14.6 Å². The third-order valence-corrected chi connectivity index (χ3v) is 4.25. The SMILES string of the molecule is CC(C)C(=O)N[C@@H](CN1CCN(C(C)C)CC1)C(C)C. The van der Waals surface area contributed by atoms with Gasteiger partial charge in [0.1, 0.15) is 0 Å². The average Bonchev–Trinajstić information content (AvgIpc) is 2.38. The van der Waals surface area contributed by atoms with E-state index >= 15 is 0 Å². The van der Waals surface area contributed by atoms with E-state index in [9.17, 15) is 4.79 Å². The fourth-order valence-corrected chi connectivity index (χ4v) is 2.51. The standard InChI is InChI=1S/C16H33N3O/c1-12(2)15(17-16(20)13(3)4)11-18-7-9-19(10-8-18)14(5)6/h12-15H,7-11H2,1-6H3,(H,17,20)/t15-/m0/s1. The largest absolute Gasteiger partial charge is 0.352 e. The lowest BCUT2D eigenvalue weighted by atomic mass is 10.0. The molecule has 0 unspecified atom stereocenters. The summed E-state index contributed by atoms with van der Waals surface area (Å²) < 4.78 is 0. The summed E-state index contributed by atoms with van der Waals surface area (Å²) in [5, 5.41) is 3.20. The van der Waals surface area contributed by atoms with Crippen molar-refractivity contribution >= 4 is 5.91 Å². The van der Waals surface area contributed by atoms with Gasteiger partial charge in [-0.1, -0.05) is 27.7 Å². The summed E-state index contributed by atoms with van der Waals surface area (Å²) in [6.45, 7) is 18.3. The fraction of sp³-hybridized carbons (Fsp3) is 0.938. The van der Waals surface area contributed by atoms with Crippen LogP contribution >= 0.6 is 0 Å². The monoisotopic (exact) mass is 283 g/mol. The van der Waals surface area contributed by atoms with Gasteiger partial charge in [-0.25, -0.2) is 0 Å². The molecular weight excluding hydrogens is 250 g/mol. The number of rotatable bonds is 6. The molecule has 0 saturated carbocycles. The molecule has 0 aliphatic carbocycles. The van der Waals surface area contributed by atoms with Crippen molar-refractivity contribution in [1.82, 2.24) is 15.1 Å². The summed E-state index contributed by atoms with van der Waals surface area (Å²) >= 11 is 0. The van der Waals surface area contributed by atoms with Crippen molar-refractivity contribution in [3.05, 3.63) is 0 Å². The second kappa shape index (κ2) is 7.99. The fourth-order valence-electron chi connectivity index (χ4n) is 2.51. The Kier molecular flexibility index (Phi) is 6.96. The molecule has 0 bridgehead atoms. The third-order valence-electron chi connectivity index (χ3n) is 4.25. The summed E-state index contributed by atoms with van der Waals surface area (Å²) in [6.07, 6.45) is 0. The van der Waals surface area contributed by atoms with Crippen molar-refractivity contribution in [3.8, 4) is 0 Å². The van der Waals surface area contributed by atoms with Crippen molar-refractivity contribution < 1.29 is 4.79 Å². The second-order valence-electron chi connectivity index (χ2n) is 6.94. The first-order valence-electron chi connectivity index (χ1n) is 8.08. The minimum atomic E-state index is 0.0639. The summed E-state index contributed by atoms with van der Waals surface area (Å²) in [7, 11) is 0. The van der Waals surface area contributed by atoms with E-state index in [2.05, 4.69) is 42.8 Å². The Morgan fingerprint density at radius 1 is 1.00 bits per heavy atom. The maximum absolute atomic E-state index is 11.9. The van der Waals surface area contributed by atoms with Crippen molar-refractivity contribution in [2.75, 3.05) is 32.7 Å². The van der Waals surface area contributed by atoms with Crippen LogP contribution < -0.4 is 5.32 Å². The molecule has 1 fully saturated rings. The highest BCUT2D eigenvalue weighted by molar-refractivity contribution is 5.78. The van der Waals surface area contributed by atoms with Gasteiger partial charge in [0.25, 0.3) is 0 Å². The normalized spacial score (nSPS) is 19.9. The number of carbonyl (C=O) groups is 1. The molecule has 0 spiro atoms. The van der Waals surface area contributed by atoms with E-state index in [4.69, 9.17) is 0 Å². The second-order valence-corrected chi connectivity index (χ2v) is 6.94. The maximum Gasteiger partial charge on any atom is 0.222 e. The molecular formula is C16H33N3O. The number of hydrogen-bond acceptors (Lipinski definition) is 3. The molecule has 1 amide bonds. The van der Waals surface area contributed by atoms with Gasteiger partial charge in [0.05, 0.1) is 0 Å². The molecule has 4 heteroatoms. The highest BCUT2D eigenvalue weighted by Crippen LogP contribution is 2.10. The van der Waals surface area contributed by atoms with E-state index in [0.29, 0.717) is 12.0 Å². The van der Waals surface area contributed by atoms with E-state index in [1.165, 1.54) is 0 Å². The zero-order chi connectivity index (χ0) is 15.3. The number of hydrogen-bond donors (Lipinski definition) is 1. The van der Waals surface area contributed by atoms with Crippen molar-refractivity contribution in [2.24, 2.45) is 11.8 Å². The maximum atomic E-state index is 11.9. The molecule has 1 rings (SSSR count). The van der Waals surface area contributed by atoms with Crippen molar-refractivity contribution in [3.63, 3.8) is 0 Å². The molecule has 1 saturated heterocycles. The Hall–Kier alpha value is -0.610. The lowest BCUT2D eigenvalue weighted by molar-refractivity contribution is -0.125. The van der Waals surface area contributed by atoms with Crippen LogP contribution in [0.1, 0.15) is 41.5 Å². The van der Waals surface area contributed by atoms with Crippen molar-refractivity contribution in [2.45, 2.75) is 53.6 Å². The van der Waals surface area contributed by atoms with Gasteiger partial charge in [0.2, 0.25) is 5.91 Å². The zero-order valence-corrected chi connectivity index (χ0v) is 14.1. The first-order chi connectivity index (χ1) is 9.31. The zero-order valence-electron chi connectivity index (χ0n) is 14.1. The first kappa shape index (κ1) is 17.4. The predicted molar refractivity (Wildman–Crippen MR) is 84.8 cm³/mol. The van der Waals surface area contributed by atoms with Crippen LogP contribution in [0.2, 0.25) is 0 Å². The molecule has 0 aromatic carbocycles. The number of carbonyl (C=O) groups excluding carboxylic acids is 1. The quantitative estimate of drug-likeness (QED) is 0.807. The van der Waals surface area contributed by atoms with Gasteiger partial charge in [-0.15, -0.1) is 0 Å². The van der Waals surface area contributed by atoms with Gasteiger partial charge in [0, 0.05) is 50.7 Å². The van der Waals surface area contributed by atoms with Crippen molar-refractivity contribution in [1.29, 1.82) is 0 Å². The molecule has 0 aromatic heterocycles. The highest BCUT2D eigenvalue weighted by Gasteiger charge is 2.24. The summed E-state index contributed by atoms with van der Waals surface area (Å²) in [5.74, 6) is 0.708. The van der Waals surface area contributed by atoms with Crippen LogP contribution in [0.5, 0.6) is 0 Å². The molecule has 0 radical (unpaired) electrons. The first-order valence-corrected chi connectivity index (χ1v) is 8.08. The number of piperazine rings is 1. The summed E-state index contributed by atoms with van der Waals surface area (Å²) in [5.41, 5.74) is 0. The van der Waals surface area contributed by atoms with Crippen LogP contribution in [0.25, 0.3) is 0 Å². The van der Waals surface area contributed by atoms with Crippen LogP contribution in [-0.2, 0) is 4.79 Å². The molecule has 1 aliphatic heterocycles. The number of nitrogens with zero attached hydrogens (tertiary/aromatic N) is 2. The predicted octanol–water partition coefficient (Wildman–Crippen LogP) is 1.81. The topological polar surface area (TPSA) is 35.6 Å². The minimum Gasteiger partial charge on any atom is -0.352 e. The molecule has 0 aromatic rings. The van der Waals surface area contributed by atoms with Gasteiger partial charge in [0.15, 0.2) is 0 Å². The van der Waals surface area contributed by atoms with Gasteiger partial charge < -0.3 is 5.32 Å². The van der Waals surface area contributed by atoms with E-state index in [1.54, 1.807) is 0 Å². The van der Waals surface area contributed by atoms with Crippen LogP contribution in [0.15, 0.2) is 0 Å². The van der Waals surface area contributed by atoms with Gasteiger partial charge in [-0.05, 0) is 19.8 Å². The third kappa shape index (κ3) is 5.41. The Morgan fingerprint density at radius 2 is 1.55 bits per heavy atom. The van der Waals surface area contributed by atoms with Crippen LogP contribution in [0, 0.1) is 11.8 Å². The Morgan fingerprint density at radius 3 is 1.95 bits per heavy atom.